The van der Waals surface area contributed by atoms with Gasteiger partial charge >= 0.3 is 6.03 Å². The van der Waals surface area contributed by atoms with Crippen LogP contribution in [0.15, 0.2) is 0 Å². The van der Waals surface area contributed by atoms with E-state index in [1.807, 2.05) is 0 Å². The normalized spacial score (nSPS) is 27.5. The zero-order valence-corrected chi connectivity index (χ0v) is 8.24. The van der Waals surface area contributed by atoms with Gasteiger partial charge in [-0.2, -0.15) is 0 Å². The highest BCUT2D eigenvalue weighted by Crippen LogP contribution is 2.14. The van der Waals surface area contributed by atoms with Crippen molar-refractivity contribution < 1.29 is 9.53 Å². The molecule has 0 aromatic rings. The summed E-state index contributed by atoms with van der Waals surface area (Å²) in [6.45, 7) is 3.69. The lowest BCUT2D eigenvalue weighted by atomic mass is 10.0. The maximum Gasteiger partial charge on any atom is 0.317 e. The second-order valence-electron chi connectivity index (χ2n) is 4.02. The number of nitrogens with two attached hydrogens (primary N) is 1. The van der Waals surface area contributed by atoms with Crippen LogP contribution in [0, 0.1) is 5.92 Å². The maximum atomic E-state index is 11.6. The van der Waals surface area contributed by atoms with Gasteiger partial charge in [0.1, 0.15) is 0 Å². The molecule has 5 heteroatoms. The van der Waals surface area contributed by atoms with E-state index in [4.69, 9.17) is 10.5 Å². The fourth-order valence-electron chi connectivity index (χ4n) is 1.80. The molecule has 0 spiro atoms. The Morgan fingerprint density at radius 2 is 2.36 bits per heavy atom. The van der Waals surface area contributed by atoms with Crippen molar-refractivity contribution >= 4 is 6.03 Å². The monoisotopic (exact) mass is 199 g/mol. The number of amides is 2. The van der Waals surface area contributed by atoms with Gasteiger partial charge in [0.05, 0.1) is 12.6 Å². The SMILES string of the molecule is NCC1CN(C(=O)NC2CCOC2)C1. The van der Waals surface area contributed by atoms with Gasteiger partial charge in [0.25, 0.3) is 0 Å². The Morgan fingerprint density at radius 3 is 2.93 bits per heavy atom. The molecule has 1 atom stereocenters. The Balaban J connectivity index is 1.69. The fraction of sp³-hybridized carbons (Fsp3) is 0.889. The second-order valence-corrected chi connectivity index (χ2v) is 4.02. The predicted octanol–water partition coefficient (Wildman–Crippen LogP) is -0.625. The largest absolute Gasteiger partial charge is 0.379 e. The van der Waals surface area contributed by atoms with Crippen molar-refractivity contribution in [2.75, 3.05) is 32.8 Å². The molecular weight excluding hydrogens is 182 g/mol. The first-order valence-electron chi connectivity index (χ1n) is 5.13. The molecule has 3 N–H and O–H groups in total. The standard InChI is InChI=1S/C9H17N3O2/c10-3-7-4-12(5-7)9(13)11-8-1-2-14-6-8/h7-8H,1-6,10H2,(H,11,13). The Morgan fingerprint density at radius 1 is 1.57 bits per heavy atom. The minimum Gasteiger partial charge on any atom is -0.379 e. The number of urea groups is 1. The highest BCUT2D eigenvalue weighted by molar-refractivity contribution is 5.75. The van der Waals surface area contributed by atoms with E-state index in [9.17, 15) is 4.79 Å². The van der Waals surface area contributed by atoms with E-state index in [0.717, 1.165) is 26.1 Å². The molecule has 0 bridgehead atoms. The van der Waals surface area contributed by atoms with Crippen molar-refractivity contribution in [1.82, 2.24) is 10.2 Å². The van der Waals surface area contributed by atoms with Crippen molar-refractivity contribution in [2.45, 2.75) is 12.5 Å². The quantitative estimate of drug-likeness (QED) is 0.622. The number of nitrogens with zero attached hydrogens (tertiary/aromatic N) is 1. The van der Waals surface area contributed by atoms with Crippen molar-refractivity contribution in [2.24, 2.45) is 11.7 Å². The number of hydrogen-bond donors (Lipinski definition) is 2. The number of carbonyl (C=O) groups is 1. The lowest BCUT2D eigenvalue weighted by Gasteiger charge is -2.38. The Labute approximate surface area is 83.6 Å². The van der Waals surface area contributed by atoms with E-state index >= 15 is 0 Å². The number of rotatable bonds is 2. The molecule has 0 aromatic heterocycles. The van der Waals surface area contributed by atoms with Crippen LogP contribution < -0.4 is 11.1 Å². The molecule has 1 unspecified atom stereocenters. The van der Waals surface area contributed by atoms with Crippen LogP contribution in [-0.4, -0.2) is 49.8 Å². The molecular formula is C9H17N3O2. The lowest BCUT2D eigenvalue weighted by Crippen LogP contribution is -2.57. The molecule has 2 heterocycles. The third-order valence-electron chi connectivity index (χ3n) is 2.84. The zero-order valence-electron chi connectivity index (χ0n) is 8.24. The average Bonchev–Trinajstić information content (AvgIpc) is 2.54. The molecule has 2 rings (SSSR count). The van der Waals surface area contributed by atoms with Crippen molar-refractivity contribution in [1.29, 1.82) is 0 Å². The van der Waals surface area contributed by atoms with Gasteiger partial charge in [0.15, 0.2) is 0 Å². The summed E-state index contributed by atoms with van der Waals surface area (Å²) in [4.78, 5) is 13.4. The van der Waals surface area contributed by atoms with E-state index in [1.54, 1.807) is 4.90 Å². The maximum absolute atomic E-state index is 11.6. The summed E-state index contributed by atoms with van der Waals surface area (Å²) in [5.41, 5.74) is 5.48. The van der Waals surface area contributed by atoms with Crippen LogP contribution in [0.5, 0.6) is 0 Å². The number of likely N-dealkylation sites (tertiary alicyclic amines) is 1. The van der Waals surface area contributed by atoms with Gasteiger partial charge < -0.3 is 20.7 Å². The van der Waals surface area contributed by atoms with E-state index in [2.05, 4.69) is 5.32 Å². The van der Waals surface area contributed by atoms with Crippen LogP contribution in [0.1, 0.15) is 6.42 Å². The molecule has 5 nitrogen and oxygen atoms in total. The second kappa shape index (κ2) is 4.14. The molecule has 80 valence electrons. The van der Waals surface area contributed by atoms with Gasteiger partial charge in [0.2, 0.25) is 0 Å². The summed E-state index contributed by atoms with van der Waals surface area (Å²) >= 11 is 0. The zero-order chi connectivity index (χ0) is 9.97. The van der Waals surface area contributed by atoms with Crippen molar-refractivity contribution in [3.05, 3.63) is 0 Å². The van der Waals surface area contributed by atoms with E-state index in [-0.39, 0.29) is 12.1 Å². The minimum atomic E-state index is 0.0326. The number of ether oxygens (including phenoxy) is 1. The highest BCUT2D eigenvalue weighted by atomic mass is 16.5. The molecule has 2 saturated heterocycles. The number of carbonyl (C=O) groups excluding carboxylic acids is 1. The van der Waals surface area contributed by atoms with Gasteiger partial charge in [-0.05, 0) is 13.0 Å². The first-order chi connectivity index (χ1) is 6.79. The summed E-state index contributed by atoms with van der Waals surface area (Å²) in [5.74, 6) is 0.501. The highest BCUT2D eigenvalue weighted by Gasteiger charge is 2.30. The first-order valence-corrected chi connectivity index (χ1v) is 5.13. The van der Waals surface area contributed by atoms with Crippen LogP contribution in [0.4, 0.5) is 4.79 Å². The summed E-state index contributed by atoms with van der Waals surface area (Å²) in [6.07, 6.45) is 0.930. The van der Waals surface area contributed by atoms with Gasteiger partial charge in [-0.15, -0.1) is 0 Å². The van der Waals surface area contributed by atoms with Crippen LogP contribution in [0.25, 0.3) is 0 Å². The summed E-state index contributed by atoms with van der Waals surface area (Å²) in [6, 6.07) is 0.240. The van der Waals surface area contributed by atoms with Crippen LogP contribution in [-0.2, 0) is 4.74 Å². The Bertz CT molecular complexity index is 210. The number of nitrogens with one attached hydrogen (secondary N) is 1. The smallest absolute Gasteiger partial charge is 0.317 e. The Hall–Kier alpha value is -0.810. The summed E-state index contributed by atoms with van der Waals surface area (Å²) < 4.78 is 5.18. The van der Waals surface area contributed by atoms with Crippen LogP contribution in [0.3, 0.4) is 0 Å². The molecule has 2 aliphatic heterocycles. The van der Waals surface area contributed by atoms with E-state index in [0.29, 0.717) is 19.1 Å². The minimum absolute atomic E-state index is 0.0326. The van der Waals surface area contributed by atoms with E-state index in [1.165, 1.54) is 0 Å². The molecule has 2 amide bonds. The molecule has 14 heavy (non-hydrogen) atoms. The van der Waals surface area contributed by atoms with E-state index < -0.39 is 0 Å². The molecule has 2 fully saturated rings. The average molecular weight is 199 g/mol. The molecule has 2 aliphatic rings. The number of hydrogen-bond acceptors (Lipinski definition) is 3. The van der Waals surface area contributed by atoms with Crippen molar-refractivity contribution in [3.8, 4) is 0 Å². The predicted molar refractivity (Wildman–Crippen MR) is 51.9 cm³/mol. The van der Waals surface area contributed by atoms with Gasteiger partial charge in [-0.3, -0.25) is 0 Å². The molecule has 0 radical (unpaired) electrons. The Kier molecular flexibility index (Phi) is 2.88. The molecule has 0 aromatic carbocycles. The van der Waals surface area contributed by atoms with Gasteiger partial charge in [0, 0.05) is 25.6 Å². The topological polar surface area (TPSA) is 67.6 Å². The first kappa shape index (κ1) is 9.73. The van der Waals surface area contributed by atoms with Crippen LogP contribution >= 0.6 is 0 Å². The lowest BCUT2D eigenvalue weighted by molar-refractivity contribution is 0.120. The van der Waals surface area contributed by atoms with Crippen molar-refractivity contribution in [3.63, 3.8) is 0 Å². The summed E-state index contributed by atoms with van der Waals surface area (Å²) in [7, 11) is 0. The van der Waals surface area contributed by atoms with Crippen LogP contribution in [0.2, 0.25) is 0 Å². The van der Waals surface area contributed by atoms with Gasteiger partial charge in [-0.1, -0.05) is 0 Å². The third kappa shape index (κ3) is 1.99. The third-order valence-corrected chi connectivity index (χ3v) is 2.84. The fourth-order valence-corrected chi connectivity index (χ4v) is 1.80. The summed E-state index contributed by atoms with van der Waals surface area (Å²) in [5, 5.41) is 2.95. The van der Waals surface area contributed by atoms with Gasteiger partial charge in [-0.25, -0.2) is 4.79 Å². The molecule has 0 saturated carbocycles. The molecule has 0 aliphatic carbocycles.